The Hall–Kier alpha value is -5.07. The van der Waals surface area contributed by atoms with Gasteiger partial charge < -0.3 is 19.1 Å². The number of methoxy groups -OCH3 is 1. The van der Waals surface area contributed by atoms with Crippen molar-refractivity contribution in [1.29, 1.82) is 5.26 Å². The zero-order valence-electron chi connectivity index (χ0n) is 23.6. The monoisotopic (exact) mass is 576 g/mol. The SMILES string of the molecule is COCCn1c(Cc2ccc(-c3cccc(OCc4ccc(C5(C#N)CC5)cc4)n3)cc2F)nc2ccc(C(=O)O)cc21. The van der Waals surface area contributed by atoms with Gasteiger partial charge in [-0.3, -0.25) is 0 Å². The summed E-state index contributed by atoms with van der Waals surface area (Å²) in [6.45, 7) is 1.17. The highest BCUT2D eigenvalue weighted by molar-refractivity contribution is 5.92. The molecule has 216 valence electrons. The van der Waals surface area contributed by atoms with Gasteiger partial charge in [-0.15, -0.1) is 0 Å². The highest BCUT2D eigenvalue weighted by Crippen LogP contribution is 2.47. The Morgan fingerprint density at radius 1 is 1.07 bits per heavy atom. The van der Waals surface area contributed by atoms with E-state index < -0.39 is 11.8 Å². The van der Waals surface area contributed by atoms with Gasteiger partial charge in [0.05, 0.1) is 40.4 Å². The number of hydrogen-bond acceptors (Lipinski definition) is 6. The van der Waals surface area contributed by atoms with Crippen molar-refractivity contribution in [2.45, 2.75) is 37.8 Å². The first-order valence-corrected chi connectivity index (χ1v) is 14.0. The number of halogens is 1. The van der Waals surface area contributed by atoms with E-state index in [1.807, 2.05) is 41.0 Å². The van der Waals surface area contributed by atoms with Gasteiger partial charge in [0.2, 0.25) is 5.88 Å². The molecule has 1 fully saturated rings. The highest BCUT2D eigenvalue weighted by atomic mass is 19.1. The number of carboxylic acids is 1. The van der Waals surface area contributed by atoms with Crippen LogP contribution in [0.5, 0.6) is 5.88 Å². The first kappa shape index (κ1) is 28.1. The minimum atomic E-state index is -1.02. The summed E-state index contributed by atoms with van der Waals surface area (Å²) in [4.78, 5) is 20.8. The molecule has 0 radical (unpaired) electrons. The molecule has 0 bridgehead atoms. The Morgan fingerprint density at radius 2 is 1.88 bits per heavy atom. The van der Waals surface area contributed by atoms with Crippen LogP contribution in [0.3, 0.4) is 0 Å². The topological polar surface area (TPSA) is 110 Å². The summed E-state index contributed by atoms with van der Waals surface area (Å²) in [6, 6.07) is 25.5. The number of hydrogen-bond donors (Lipinski definition) is 1. The molecule has 0 spiro atoms. The zero-order valence-corrected chi connectivity index (χ0v) is 23.6. The van der Waals surface area contributed by atoms with Crippen LogP contribution in [-0.2, 0) is 29.7 Å². The highest BCUT2D eigenvalue weighted by Gasteiger charge is 2.44. The molecule has 5 aromatic rings. The van der Waals surface area contributed by atoms with E-state index in [1.165, 1.54) is 12.1 Å². The molecule has 0 atom stereocenters. The van der Waals surface area contributed by atoms with E-state index in [9.17, 15) is 15.2 Å². The van der Waals surface area contributed by atoms with Crippen molar-refractivity contribution in [1.82, 2.24) is 14.5 Å². The number of carbonyl (C=O) groups is 1. The van der Waals surface area contributed by atoms with E-state index >= 15 is 4.39 Å². The normalized spacial score (nSPS) is 13.5. The molecule has 0 amide bonds. The average Bonchev–Trinajstić information content (AvgIpc) is 3.76. The molecule has 43 heavy (non-hydrogen) atoms. The number of fused-ring (bicyclic) bond motifs is 1. The lowest BCUT2D eigenvalue weighted by Gasteiger charge is -2.11. The van der Waals surface area contributed by atoms with Crippen LogP contribution in [0.4, 0.5) is 4.39 Å². The molecule has 2 heterocycles. The first-order chi connectivity index (χ1) is 20.9. The smallest absolute Gasteiger partial charge is 0.335 e. The summed E-state index contributed by atoms with van der Waals surface area (Å²) in [5.41, 5.74) is 4.81. The number of aromatic carboxylic acids is 1. The number of benzene rings is 3. The molecule has 8 nitrogen and oxygen atoms in total. The van der Waals surface area contributed by atoms with Crippen LogP contribution in [0, 0.1) is 17.1 Å². The number of nitriles is 1. The van der Waals surface area contributed by atoms with Crippen LogP contribution in [0.25, 0.3) is 22.3 Å². The van der Waals surface area contributed by atoms with E-state index in [4.69, 9.17) is 9.47 Å². The van der Waals surface area contributed by atoms with Crippen molar-refractivity contribution < 1.29 is 23.8 Å². The lowest BCUT2D eigenvalue weighted by Crippen LogP contribution is -2.10. The van der Waals surface area contributed by atoms with E-state index in [0.29, 0.717) is 59.3 Å². The molecule has 1 aliphatic rings. The summed E-state index contributed by atoms with van der Waals surface area (Å²) in [5, 5.41) is 18.8. The predicted octanol–water partition coefficient (Wildman–Crippen LogP) is 6.31. The molecule has 0 aliphatic heterocycles. The molecule has 0 saturated heterocycles. The number of aromatic nitrogens is 3. The van der Waals surface area contributed by atoms with Crippen LogP contribution in [-0.4, -0.2) is 39.3 Å². The van der Waals surface area contributed by atoms with Gasteiger partial charge in [0.15, 0.2) is 0 Å². The number of nitrogens with zero attached hydrogens (tertiary/aromatic N) is 4. The Labute approximate surface area is 248 Å². The van der Waals surface area contributed by atoms with Crippen molar-refractivity contribution in [3.63, 3.8) is 0 Å². The Kier molecular flexibility index (Phi) is 7.61. The third kappa shape index (κ3) is 5.83. The van der Waals surface area contributed by atoms with E-state index in [-0.39, 0.29) is 17.4 Å². The van der Waals surface area contributed by atoms with Crippen molar-refractivity contribution in [3.8, 4) is 23.2 Å². The third-order valence-corrected chi connectivity index (χ3v) is 7.87. The van der Waals surface area contributed by atoms with Gasteiger partial charge in [0.1, 0.15) is 18.2 Å². The maximum Gasteiger partial charge on any atom is 0.335 e. The second-order valence-electron chi connectivity index (χ2n) is 10.7. The lowest BCUT2D eigenvalue weighted by molar-refractivity contribution is 0.0697. The summed E-state index contributed by atoms with van der Waals surface area (Å²) < 4.78 is 28.5. The molecule has 6 rings (SSSR count). The molecule has 3 aromatic carbocycles. The molecule has 9 heteroatoms. The predicted molar refractivity (Wildman–Crippen MR) is 158 cm³/mol. The Balaban J connectivity index is 1.18. The van der Waals surface area contributed by atoms with Crippen molar-refractivity contribution >= 4 is 17.0 Å². The summed E-state index contributed by atoms with van der Waals surface area (Å²) >= 11 is 0. The second kappa shape index (κ2) is 11.7. The van der Waals surface area contributed by atoms with Gasteiger partial charge in [-0.1, -0.05) is 42.5 Å². The van der Waals surface area contributed by atoms with Crippen molar-refractivity contribution in [2.75, 3.05) is 13.7 Å². The van der Waals surface area contributed by atoms with Crippen LogP contribution in [0.2, 0.25) is 0 Å². The second-order valence-corrected chi connectivity index (χ2v) is 10.7. The van der Waals surface area contributed by atoms with Crippen LogP contribution in [0.1, 0.15) is 45.7 Å². The van der Waals surface area contributed by atoms with Crippen LogP contribution in [0.15, 0.2) is 78.9 Å². The molecule has 1 N–H and O–H groups in total. The standard InChI is InChI=1S/C34H29FN4O4/c1-42-16-15-39-30-18-25(33(40)41)9-12-29(30)37-31(39)19-23-7-8-24(17-27(23)35)28-3-2-4-32(38-28)43-20-22-5-10-26(11-6-22)34(21-36)13-14-34/h2-12,17-18H,13-16,19-20H2,1H3,(H,40,41). The fourth-order valence-corrected chi connectivity index (χ4v) is 5.22. The third-order valence-electron chi connectivity index (χ3n) is 7.87. The number of imidazole rings is 1. The van der Waals surface area contributed by atoms with E-state index in [2.05, 4.69) is 16.0 Å². The molecular weight excluding hydrogens is 547 g/mol. The number of pyridine rings is 1. The maximum atomic E-state index is 15.4. The van der Waals surface area contributed by atoms with Crippen LogP contribution < -0.4 is 4.74 Å². The summed E-state index contributed by atoms with van der Waals surface area (Å²) in [5.74, 6) is -0.380. The number of rotatable bonds is 11. The molecule has 1 aliphatic carbocycles. The minimum absolute atomic E-state index is 0.159. The van der Waals surface area contributed by atoms with Crippen molar-refractivity contribution in [2.24, 2.45) is 0 Å². The molecule has 2 aromatic heterocycles. The van der Waals surface area contributed by atoms with E-state index in [0.717, 1.165) is 24.0 Å². The quantitative estimate of drug-likeness (QED) is 0.196. The van der Waals surface area contributed by atoms with Gasteiger partial charge in [0, 0.05) is 31.7 Å². The number of ether oxygens (including phenoxy) is 2. The fraction of sp³-hybridized carbons (Fsp3) is 0.235. The Morgan fingerprint density at radius 3 is 2.58 bits per heavy atom. The fourth-order valence-electron chi connectivity index (χ4n) is 5.22. The van der Waals surface area contributed by atoms with E-state index in [1.54, 1.807) is 37.4 Å². The van der Waals surface area contributed by atoms with Gasteiger partial charge in [-0.25, -0.2) is 19.2 Å². The molecule has 1 saturated carbocycles. The number of carboxylic acid groups (broad SMARTS) is 1. The lowest BCUT2D eigenvalue weighted by atomic mass is 9.97. The van der Waals surface area contributed by atoms with Gasteiger partial charge >= 0.3 is 5.97 Å². The van der Waals surface area contributed by atoms with Crippen LogP contribution >= 0.6 is 0 Å². The minimum Gasteiger partial charge on any atom is -0.478 e. The maximum absolute atomic E-state index is 15.4. The summed E-state index contributed by atoms with van der Waals surface area (Å²) in [7, 11) is 1.59. The summed E-state index contributed by atoms with van der Waals surface area (Å²) in [6.07, 6.45) is 2.03. The largest absolute Gasteiger partial charge is 0.478 e. The van der Waals surface area contributed by atoms with Gasteiger partial charge in [0.25, 0.3) is 0 Å². The first-order valence-electron chi connectivity index (χ1n) is 14.0. The molecule has 0 unspecified atom stereocenters. The van der Waals surface area contributed by atoms with Gasteiger partial charge in [-0.05, 0) is 59.9 Å². The average molecular weight is 577 g/mol. The molecular formula is C34H29FN4O4. The van der Waals surface area contributed by atoms with Crippen molar-refractivity contribution in [3.05, 3.63) is 113 Å². The zero-order chi connectivity index (χ0) is 30.0. The van der Waals surface area contributed by atoms with Gasteiger partial charge in [-0.2, -0.15) is 5.26 Å². The Bertz CT molecular complexity index is 1860.